The number of thiophene rings is 1. The monoisotopic (exact) mass is 375 g/mol. The van der Waals surface area contributed by atoms with Gasteiger partial charge >= 0.3 is 0 Å². The number of pyridine rings is 1. The van der Waals surface area contributed by atoms with Crippen LogP contribution in [-0.4, -0.2) is 40.5 Å². The number of nitrogens with one attached hydrogen (secondary N) is 1. The summed E-state index contributed by atoms with van der Waals surface area (Å²) >= 11 is 0.888. The topological polar surface area (TPSA) is 115 Å². The minimum atomic E-state index is -3.35. The van der Waals surface area contributed by atoms with Gasteiger partial charge in [0.05, 0.1) is 4.88 Å². The van der Waals surface area contributed by atoms with E-state index in [1.54, 1.807) is 31.3 Å². The van der Waals surface area contributed by atoms with Crippen LogP contribution in [0.3, 0.4) is 0 Å². The number of rotatable bonds is 4. The fourth-order valence-corrected chi connectivity index (χ4v) is 3.77. The smallest absolute Gasteiger partial charge is 0.268 e. The first-order valence-corrected chi connectivity index (χ1v) is 9.79. The van der Waals surface area contributed by atoms with E-state index in [1.165, 1.54) is 12.1 Å². The molecule has 0 radical (unpaired) electrons. The van der Waals surface area contributed by atoms with E-state index in [4.69, 9.17) is 0 Å². The number of aromatic nitrogens is 4. The van der Waals surface area contributed by atoms with Gasteiger partial charge in [-0.2, -0.15) is 9.97 Å². The van der Waals surface area contributed by atoms with Gasteiger partial charge in [0.2, 0.25) is 5.95 Å². The maximum atomic E-state index is 12.3. The molecule has 0 aromatic carbocycles. The van der Waals surface area contributed by atoms with E-state index in [0.29, 0.717) is 17.3 Å². The molecule has 0 aliphatic carbocycles. The molecule has 10 heteroatoms. The van der Waals surface area contributed by atoms with Gasteiger partial charge in [0.1, 0.15) is 15.7 Å². The molecule has 8 nitrogen and oxygen atoms in total. The third-order valence-electron chi connectivity index (χ3n) is 3.04. The maximum Gasteiger partial charge on any atom is 0.268 e. The number of hydrogen-bond acceptors (Lipinski definition) is 8. The van der Waals surface area contributed by atoms with Crippen molar-refractivity contribution in [2.75, 3.05) is 11.6 Å². The fourth-order valence-electron chi connectivity index (χ4n) is 1.95. The Morgan fingerprint density at radius 2 is 1.92 bits per heavy atom. The average molecular weight is 375 g/mol. The number of amides is 1. The molecule has 0 aliphatic rings. The van der Waals surface area contributed by atoms with Gasteiger partial charge in [-0.1, -0.05) is 6.07 Å². The predicted molar refractivity (Wildman–Crippen MR) is 93.2 cm³/mol. The zero-order chi connectivity index (χ0) is 18.0. The summed E-state index contributed by atoms with van der Waals surface area (Å²) in [7, 11) is -3.35. The molecule has 3 aromatic rings. The summed E-state index contributed by atoms with van der Waals surface area (Å²) in [6, 6.07) is 8.17. The van der Waals surface area contributed by atoms with Crippen molar-refractivity contribution in [2.24, 2.45) is 0 Å². The lowest BCUT2D eigenvalue weighted by Crippen LogP contribution is -2.14. The minimum Gasteiger partial charge on any atom is -0.290 e. The van der Waals surface area contributed by atoms with Gasteiger partial charge < -0.3 is 0 Å². The van der Waals surface area contributed by atoms with Gasteiger partial charge in [0.15, 0.2) is 15.7 Å². The summed E-state index contributed by atoms with van der Waals surface area (Å²) in [5, 5.41) is 2.56. The second-order valence-corrected chi connectivity index (χ2v) is 8.42. The molecule has 0 unspecified atom stereocenters. The second kappa shape index (κ2) is 6.65. The minimum absolute atomic E-state index is 0.0764. The number of sulfone groups is 1. The van der Waals surface area contributed by atoms with E-state index < -0.39 is 15.7 Å². The molecule has 0 atom stereocenters. The third-order valence-corrected chi connectivity index (χ3v) is 5.94. The van der Waals surface area contributed by atoms with E-state index >= 15 is 0 Å². The number of anilines is 1. The molecule has 0 spiro atoms. The Hall–Kier alpha value is -2.72. The number of aryl methyl sites for hydroxylation is 1. The van der Waals surface area contributed by atoms with Crippen molar-refractivity contribution in [1.82, 2.24) is 19.9 Å². The Labute approximate surface area is 147 Å². The third kappa shape index (κ3) is 4.03. The highest BCUT2D eigenvalue weighted by Crippen LogP contribution is 2.22. The quantitative estimate of drug-likeness (QED) is 0.741. The molecular weight excluding hydrogens is 362 g/mol. The lowest BCUT2D eigenvalue weighted by atomic mass is 10.3. The van der Waals surface area contributed by atoms with Gasteiger partial charge in [-0.3, -0.25) is 15.1 Å². The van der Waals surface area contributed by atoms with Crippen molar-refractivity contribution in [2.45, 2.75) is 11.1 Å². The fraction of sp³-hybridized carbons (Fsp3) is 0.133. The van der Waals surface area contributed by atoms with Crippen LogP contribution in [-0.2, 0) is 9.84 Å². The standard InChI is InChI=1S/C15H13N5O3S2/c1-9-17-13(10-5-3-4-8-16-10)19-15(18-9)20-14(21)11-6-7-12(24-11)25(2,22)23/h3-8H,1-2H3,(H,17,18,19,20,21). The first-order valence-electron chi connectivity index (χ1n) is 7.08. The van der Waals surface area contributed by atoms with Crippen LogP contribution < -0.4 is 5.32 Å². The Morgan fingerprint density at radius 3 is 2.56 bits per heavy atom. The molecule has 3 heterocycles. The maximum absolute atomic E-state index is 12.3. The normalized spacial score (nSPS) is 11.3. The first kappa shape index (κ1) is 17.1. The van der Waals surface area contributed by atoms with E-state index in [9.17, 15) is 13.2 Å². The molecular formula is C15H13N5O3S2. The predicted octanol–water partition coefficient (Wildman–Crippen LogP) is 1.96. The molecule has 1 amide bonds. The van der Waals surface area contributed by atoms with Crippen molar-refractivity contribution in [3.05, 3.63) is 47.2 Å². The van der Waals surface area contributed by atoms with Crippen LogP contribution in [0.4, 0.5) is 5.95 Å². The van der Waals surface area contributed by atoms with Crippen LogP contribution in [0.15, 0.2) is 40.7 Å². The summed E-state index contributed by atoms with van der Waals surface area (Å²) in [6.45, 7) is 1.68. The molecule has 0 saturated carbocycles. The summed E-state index contributed by atoms with van der Waals surface area (Å²) in [6.07, 6.45) is 2.71. The van der Waals surface area contributed by atoms with Gasteiger partial charge in [-0.15, -0.1) is 11.3 Å². The zero-order valence-corrected chi connectivity index (χ0v) is 14.9. The second-order valence-electron chi connectivity index (χ2n) is 5.09. The van der Waals surface area contributed by atoms with Crippen LogP contribution in [0.25, 0.3) is 11.5 Å². The largest absolute Gasteiger partial charge is 0.290 e. The van der Waals surface area contributed by atoms with E-state index in [-0.39, 0.29) is 15.0 Å². The Bertz CT molecular complexity index is 1030. The molecule has 0 fully saturated rings. The molecule has 128 valence electrons. The number of hydrogen-bond donors (Lipinski definition) is 1. The Kier molecular flexibility index (Phi) is 4.55. The van der Waals surface area contributed by atoms with E-state index in [1.807, 2.05) is 0 Å². The lowest BCUT2D eigenvalue weighted by molar-refractivity contribution is 0.102. The molecule has 0 bridgehead atoms. The van der Waals surface area contributed by atoms with Crippen LogP contribution >= 0.6 is 11.3 Å². The summed E-state index contributed by atoms with van der Waals surface area (Å²) in [5.74, 6) is 0.352. The van der Waals surface area contributed by atoms with Crippen LogP contribution in [0.2, 0.25) is 0 Å². The van der Waals surface area contributed by atoms with Crippen LogP contribution in [0.1, 0.15) is 15.5 Å². The summed E-state index contributed by atoms with van der Waals surface area (Å²) < 4.78 is 23.1. The van der Waals surface area contributed by atoms with Crippen LogP contribution in [0.5, 0.6) is 0 Å². The highest BCUT2D eigenvalue weighted by Gasteiger charge is 2.17. The highest BCUT2D eigenvalue weighted by atomic mass is 32.2. The molecule has 25 heavy (non-hydrogen) atoms. The van der Waals surface area contributed by atoms with Crippen molar-refractivity contribution in [1.29, 1.82) is 0 Å². The highest BCUT2D eigenvalue weighted by molar-refractivity contribution is 7.92. The lowest BCUT2D eigenvalue weighted by Gasteiger charge is -2.05. The van der Waals surface area contributed by atoms with Crippen LogP contribution in [0, 0.1) is 6.92 Å². The number of nitrogens with zero attached hydrogens (tertiary/aromatic N) is 4. The van der Waals surface area contributed by atoms with Crippen molar-refractivity contribution in [3.8, 4) is 11.5 Å². The van der Waals surface area contributed by atoms with Crippen molar-refractivity contribution < 1.29 is 13.2 Å². The zero-order valence-electron chi connectivity index (χ0n) is 13.3. The summed E-state index contributed by atoms with van der Waals surface area (Å²) in [4.78, 5) is 29.2. The van der Waals surface area contributed by atoms with Gasteiger partial charge in [0, 0.05) is 12.5 Å². The molecule has 3 rings (SSSR count). The Balaban J connectivity index is 1.87. The Morgan fingerprint density at radius 1 is 1.12 bits per heavy atom. The molecule has 1 N–H and O–H groups in total. The van der Waals surface area contributed by atoms with Gasteiger partial charge in [-0.05, 0) is 31.2 Å². The number of carbonyl (C=O) groups is 1. The summed E-state index contributed by atoms with van der Waals surface area (Å²) in [5.41, 5.74) is 0.555. The molecule has 0 aliphatic heterocycles. The first-order chi connectivity index (χ1) is 11.8. The van der Waals surface area contributed by atoms with Gasteiger partial charge in [0.25, 0.3) is 5.91 Å². The number of carbonyl (C=O) groups excluding carboxylic acids is 1. The van der Waals surface area contributed by atoms with Crippen molar-refractivity contribution in [3.63, 3.8) is 0 Å². The van der Waals surface area contributed by atoms with E-state index in [2.05, 4.69) is 25.3 Å². The SMILES string of the molecule is Cc1nc(NC(=O)c2ccc(S(C)(=O)=O)s2)nc(-c2ccccn2)n1. The van der Waals surface area contributed by atoms with Gasteiger partial charge in [-0.25, -0.2) is 13.4 Å². The van der Waals surface area contributed by atoms with Crippen molar-refractivity contribution >= 4 is 33.0 Å². The molecule has 0 saturated heterocycles. The molecule has 3 aromatic heterocycles. The van der Waals surface area contributed by atoms with E-state index in [0.717, 1.165) is 17.6 Å². The average Bonchev–Trinajstić information content (AvgIpc) is 3.05.